The van der Waals surface area contributed by atoms with Gasteiger partial charge in [-0.25, -0.2) is 0 Å². The van der Waals surface area contributed by atoms with E-state index in [2.05, 4.69) is 22.3 Å². The Balaban J connectivity index is 2.03. The predicted octanol–water partition coefficient (Wildman–Crippen LogP) is 0.709. The lowest BCUT2D eigenvalue weighted by molar-refractivity contribution is -0.127. The molecule has 1 aromatic rings. The van der Waals surface area contributed by atoms with Crippen LogP contribution in [0.1, 0.15) is 38.4 Å². The number of aryl methyl sites for hydroxylation is 1. The van der Waals surface area contributed by atoms with E-state index in [1.165, 1.54) is 4.80 Å². The third kappa shape index (κ3) is 2.70. The number of tetrazole rings is 1. The zero-order valence-corrected chi connectivity index (χ0v) is 11.3. The van der Waals surface area contributed by atoms with Crippen molar-refractivity contribution in [2.75, 3.05) is 7.11 Å². The van der Waals surface area contributed by atoms with Crippen LogP contribution in [-0.4, -0.2) is 44.1 Å². The minimum absolute atomic E-state index is 0.399. The Morgan fingerprint density at radius 1 is 1.50 bits per heavy atom. The van der Waals surface area contributed by atoms with Gasteiger partial charge in [0.25, 0.3) is 0 Å². The molecule has 18 heavy (non-hydrogen) atoms. The Kier molecular flexibility index (Phi) is 3.97. The maximum Gasteiger partial charge on any atom is 0.177 e. The molecule has 6 nitrogen and oxygen atoms in total. The normalized spacial score (nSPS) is 30.3. The van der Waals surface area contributed by atoms with Crippen LogP contribution in [0.3, 0.4) is 0 Å². The Hall–Kier alpha value is -1.01. The molecule has 0 aliphatic heterocycles. The van der Waals surface area contributed by atoms with E-state index in [1.54, 1.807) is 14.2 Å². The molecule has 0 bridgehead atoms. The zero-order valence-electron chi connectivity index (χ0n) is 11.3. The van der Waals surface area contributed by atoms with E-state index in [9.17, 15) is 5.11 Å². The number of aliphatic hydroxyl groups excluding tert-OH is 1. The summed E-state index contributed by atoms with van der Waals surface area (Å²) in [6.07, 6.45) is 3.81. The molecule has 0 amide bonds. The van der Waals surface area contributed by atoms with Gasteiger partial charge >= 0.3 is 0 Å². The van der Waals surface area contributed by atoms with Gasteiger partial charge in [-0.15, -0.1) is 10.2 Å². The average Bonchev–Trinajstić information content (AvgIpc) is 2.76. The van der Waals surface area contributed by atoms with Crippen molar-refractivity contribution in [1.29, 1.82) is 0 Å². The highest BCUT2D eigenvalue weighted by atomic mass is 16.5. The monoisotopic (exact) mass is 254 g/mol. The molecule has 0 saturated heterocycles. The van der Waals surface area contributed by atoms with Crippen molar-refractivity contribution >= 4 is 0 Å². The fraction of sp³-hybridized carbons (Fsp3) is 0.917. The van der Waals surface area contributed by atoms with Crippen molar-refractivity contribution in [2.45, 2.75) is 50.7 Å². The van der Waals surface area contributed by atoms with Crippen molar-refractivity contribution in [1.82, 2.24) is 20.2 Å². The van der Waals surface area contributed by atoms with Gasteiger partial charge in [0, 0.05) is 13.5 Å². The van der Waals surface area contributed by atoms with Gasteiger partial charge in [0.1, 0.15) is 0 Å². The topological polar surface area (TPSA) is 73.1 Å². The number of hydrogen-bond acceptors (Lipinski definition) is 5. The summed E-state index contributed by atoms with van der Waals surface area (Å²) >= 11 is 0. The first-order chi connectivity index (χ1) is 8.55. The molecular formula is C12H22N4O2. The third-order valence-electron chi connectivity index (χ3n) is 4.06. The lowest BCUT2D eigenvalue weighted by Gasteiger charge is -2.41. The van der Waals surface area contributed by atoms with Gasteiger partial charge in [-0.05, 0) is 36.8 Å². The molecule has 1 unspecified atom stereocenters. The van der Waals surface area contributed by atoms with Crippen LogP contribution in [0, 0.1) is 5.92 Å². The minimum Gasteiger partial charge on any atom is -0.390 e. The van der Waals surface area contributed by atoms with Crippen LogP contribution in [0.2, 0.25) is 0 Å². The summed E-state index contributed by atoms with van der Waals surface area (Å²) in [5.74, 6) is 1.29. The summed E-state index contributed by atoms with van der Waals surface area (Å²) in [6, 6.07) is 0. The number of ether oxygens (including phenoxy) is 1. The maximum atomic E-state index is 10.4. The molecular weight excluding hydrogens is 232 g/mol. The Morgan fingerprint density at radius 3 is 2.67 bits per heavy atom. The number of aromatic nitrogens is 4. The first-order valence-electron chi connectivity index (χ1n) is 6.52. The predicted molar refractivity (Wildman–Crippen MR) is 65.9 cm³/mol. The molecule has 1 N–H and O–H groups in total. The van der Waals surface area contributed by atoms with Crippen molar-refractivity contribution in [3.8, 4) is 0 Å². The van der Waals surface area contributed by atoms with Crippen LogP contribution in [-0.2, 0) is 18.2 Å². The van der Waals surface area contributed by atoms with Crippen molar-refractivity contribution in [3.05, 3.63) is 5.82 Å². The Morgan fingerprint density at radius 2 is 2.17 bits per heavy atom. The summed E-state index contributed by atoms with van der Waals surface area (Å²) < 4.78 is 5.64. The van der Waals surface area contributed by atoms with Gasteiger partial charge in [-0.3, -0.25) is 0 Å². The summed E-state index contributed by atoms with van der Waals surface area (Å²) in [6.45, 7) is 2.25. The highest BCUT2D eigenvalue weighted by molar-refractivity contribution is 4.96. The fourth-order valence-electron chi connectivity index (χ4n) is 2.69. The largest absolute Gasteiger partial charge is 0.390 e. The fourth-order valence-corrected chi connectivity index (χ4v) is 2.69. The van der Waals surface area contributed by atoms with E-state index in [1.807, 2.05) is 0 Å². The third-order valence-corrected chi connectivity index (χ3v) is 4.06. The second-order valence-electron chi connectivity index (χ2n) is 5.37. The maximum absolute atomic E-state index is 10.4. The molecule has 2 rings (SSSR count). The van der Waals surface area contributed by atoms with Crippen LogP contribution < -0.4 is 0 Å². The Labute approximate surface area is 107 Å². The Bertz CT molecular complexity index is 385. The van der Waals surface area contributed by atoms with Gasteiger partial charge < -0.3 is 9.84 Å². The first-order valence-corrected chi connectivity index (χ1v) is 6.52. The molecule has 0 aromatic carbocycles. The number of aliphatic hydroxyl groups is 1. The summed E-state index contributed by atoms with van der Waals surface area (Å²) in [5, 5.41) is 22.2. The van der Waals surface area contributed by atoms with E-state index >= 15 is 0 Å². The molecule has 1 aliphatic rings. The van der Waals surface area contributed by atoms with Crippen molar-refractivity contribution < 1.29 is 9.84 Å². The van der Waals surface area contributed by atoms with Crippen LogP contribution >= 0.6 is 0 Å². The molecule has 1 atom stereocenters. The van der Waals surface area contributed by atoms with E-state index in [0.29, 0.717) is 12.2 Å². The SMILES string of the molecule is COC1(C(O)Cc2nnn(C)n2)CCC(C)CC1. The number of methoxy groups -OCH3 is 1. The molecule has 1 aromatic heterocycles. The van der Waals surface area contributed by atoms with E-state index in [-0.39, 0.29) is 0 Å². The van der Waals surface area contributed by atoms with Crippen LogP contribution in [0.4, 0.5) is 0 Å². The lowest BCUT2D eigenvalue weighted by atomic mass is 9.75. The lowest BCUT2D eigenvalue weighted by Crippen LogP contribution is -2.48. The summed E-state index contributed by atoms with van der Waals surface area (Å²) in [4.78, 5) is 1.41. The van der Waals surface area contributed by atoms with E-state index < -0.39 is 11.7 Å². The number of nitrogens with zero attached hydrogens (tertiary/aromatic N) is 4. The quantitative estimate of drug-likeness (QED) is 0.856. The summed E-state index contributed by atoms with van der Waals surface area (Å²) in [5.41, 5.74) is -0.439. The number of hydrogen-bond donors (Lipinski definition) is 1. The van der Waals surface area contributed by atoms with Crippen molar-refractivity contribution in [2.24, 2.45) is 13.0 Å². The molecule has 1 fully saturated rings. The first kappa shape index (κ1) is 13.4. The minimum atomic E-state index is -0.570. The van der Waals surface area contributed by atoms with Crippen molar-refractivity contribution in [3.63, 3.8) is 0 Å². The van der Waals surface area contributed by atoms with Crippen LogP contribution in [0.5, 0.6) is 0 Å². The molecule has 6 heteroatoms. The molecule has 1 saturated carbocycles. The molecule has 0 radical (unpaired) electrons. The van der Waals surface area contributed by atoms with Crippen LogP contribution in [0.25, 0.3) is 0 Å². The highest BCUT2D eigenvalue weighted by Gasteiger charge is 2.41. The summed E-state index contributed by atoms with van der Waals surface area (Å²) in [7, 11) is 3.40. The van der Waals surface area contributed by atoms with E-state index in [0.717, 1.165) is 31.6 Å². The van der Waals surface area contributed by atoms with E-state index in [4.69, 9.17) is 4.74 Å². The molecule has 1 heterocycles. The molecule has 102 valence electrons. The second-order valence-corrected chi connectivity index (χ2v) is 5.37. The number of rotatable bonds is 4. The smallest absolute Gasteiger partial charge is 0.177 e. The standard InChI is InChI=1S/C12H22N4O2/c1-9-4-6-12(18-3,7-5-9)10(17)8-11-13-15-16(2)14-11/h9-10,17H,4-8H2,1-3H3. The van der Waals surface area contributed by atoms with Gasteiger partial charge in [-0.2, -0.15) is 4.80 Å². The van der Waals surface area contributed by atoms with Gasteiger partial charge in [0.2, 0.25) is 0 Å². The average molecular weight is 254 g/mol. The van der Waals surface area contributed by atoms with Gasteiger partial charge in [0.05, 0.1) is 18.8 Å². The van der Waals surface area contributed by atoms with Crippen LogP contribution in [0.15, 0.2) is 0 Å². The highest BCUT2D eigenvalue weighted by Crippen LogP contribution is 2.37. The zero-order chi connectivity index (χ0) is 13.2. The molecule has 0 spiro atoms. The second kappa shape index (κ2) is 5.32. The van der Waals surface area contributed by atoms with Gasteiger partial charge in [-0.1, -0.05) is 6.92 Å². The molecule has 1 aliphatic carbocycles. The van der Waals surface area contributed by atoms with Gasteiger partial charge in [0.15, 0.2) is 5.82 Å².